The number of unbranched alkanes of at least 4 members (excludes halogenated alkanes) is 5. The van der Waals surface area contributed by atoms with Crippen LogP contribution in [0.15, 0.2) is 36.5 Å². The summed E-state index contributed by atoms with van der Waals surface area (Å²) in [5.41, 5.74) is 0. The fourth-order valence-electron chi connectivity index (χ4n) is 3.39. The van der Waals surface area contributed by atoms with E-state index >= 15 is 0 Å². The summed E-state index contributed by atoms with van der Waals surface area (Å²) in [5.74, 6) is -1.05. The first-order valence-corrected chi connectivity index (χ1v) is 11.1. The molecular formula is C24H39NO3. The second-order valence-corrected chi connectivity index (χ2v) is 7.64. The molecule has 1 heterocycles. The molecule has 4 heteroatoms. The van der Waals surface area contributed by atoms with Crippen molar-refractivity contribution in [3.8, 4) is 0 Å². The minimum atomic E-state index is -0.778. The molecular weight excluding hydrogens is 350 g/mol. The van der Waals surface area contributed by atoms with Crippen molar-refractivity contribution in [2.75, 3.05) is 13.1 Å². The largest absolute Gasteiger partial charge is 0.481 e. The molecule has 1 aliphatic rings. The summed E-state index contributed by atoms with van der Waals surface area (Å²) in [5, 5.41) is 9.10. The summed E-state index contributed by atoms with van der Waals surface area (Å²) in [7, 11) is 0. The van der Waals surface area contributed by atoms with Gasteiger partial charge in [0.25, 0.3) is 0 Å². The van der Waals surface area contributed by atoms with Crippen molar-refractivity contribution in [1.29, 1.82) is 0 Å². The minimum Gasteiger partial charge on any atom is -0.481 e. The molecule has 1 N–H and O–H groups in total. The van der Waals surface area contributed by atoms with Crippen LogP contribution in [0.4, 0.5) is 0 Å². The number of amides is 1. The molecule has 1 atom stereocenters. The average molecular weight is 390 g/mol. The Hall–Kier alpha value is -1.84. The number of rotatable bonds is 14. The topological polar surface area (TPSA) is 57.6 Å². The number of carboxylic acid groups (broad SMARTS) is 1. The van der Waals surface area contributed by atoms with Crippen molar-refractivity contribution in [1.82, 2.24) is 4.90 Å². The van der Waals surface area contributed by atoms with E-state index in [1.54, 1.807) is 4.90 Å². The summed E-state index contributed by atoms with van der Waals surface area (Å²) in [6.45, 7) is 3.32. The summed E-state index contributed by atoms with van der Waals surface area (Å²) in [6.07, 6.45) is 25.3. The van der Waals surface area contributed by atoms with E-state index in [-0.39, 0.29) is 11.8 Å². The van der Waals surface area contributed by atoms with E-state index < -0.39 is 5.97 Å². The molecule has 0 aliphatic carbocycles. The molecule has 4 nitrogen and oxygen atoms in total. The van der Waals surface area contributed by atoms with Gasteiger partial charge < -0.3 is 10.0 Å². The maximum Gasteiger partial charge on any atom is 0.308 e. The molecule has 0 aromatic carbocycles. The van der Waals surface area contributed by atoms with Gasteiger partial charge in [-0.15, -0.1) is 0 Å². The molecule has 1 saturated heterocycles. The van der Waals surface area contributed by atoms with Gasteiger partial charge in [-0.25, -0.2) is 0 Å². The van der Waals surface area contributed by atoms with Gasteiger partial charge in [-0.05, 0) is 57.8 Å². The molecule has 1 rings (SSSR count). The highest BCUT2D eigenvalue weighted by Crippen LogP contribution is 2.18. The van der Waals surface area contributed by atoms with Crippen molar-refractivity contribution in [3.63, 3.8) is 0 Å². The average Bonchev–Trinajstić information content (AvgIpc) is 2.70. The van der Waals surface area contributed by atoms with E-state index in [9.17, 15) is 9.59 Å². The molecule has 158 valence electrons. The van der Waals surface area contributed by atoms with Gasteiger partial charge in [-0.1, -0.05) is 56.2 Å². The van der Waals surface area contributed by atoms with Crippen LogP contribution in [0, 0.1) is 5.92 Å². The zero-order chi connectivity index (χ0) is 20.5. The second kappa shape index (κ2) is 16.1. The summed E-state index contributed by atoms with van der Waals surface area (Å²) in [6, 6.07) is 0. The van der Waals surface area contributed by atoms with E-state index in [4.69, 9.17) is 5.11 Å². The lowest BCUT2D eigenvalue weighted by atomic mass is 9.98. The third-order valence-electron chi connectivity index (χ3n) is 5.15. The number of carbonyl (C=O) groups is 2. The first kappa shape index (κ1) is 24.2. The van der Waals surface area contributed by atoms with Crippen molar-refractivity contribution in [3.05, 3.63) is 36.5 Å². The molecule has 1 amide bonds. The van der Waals surface area contributed by atoms with Gasteiger partial charge >= 0.3 is 5.97 Å². The fourth-order valence-corrected chi connectivity index (χ4v) is 3.39. The molecule has 0 bridgehead atoms. The van der Waals surface area contributed by atoms with Gasteiger partial charge in [0.15, 0.2) is 0 Å². The first-order valence-electron chi connectivity index (χ1n) is 11.1. The lowest BCUT2D eigenvalue weighted by molar-refractivity contribution is -0.145. The van der Waals surface area contributed by atoms with Crippen LogP contribution < -0.4 is 0 Å². The van der Waals surface area contributed by atoms with Gasteiger partial charge in [0.05, 0.1) is 5.92 Å². The zero-order valence-corrected chi connectivity index (χ0v) is 17.7. The zero-order valence-electron chi connectivity index (χ0n) is 17.7. The number of hydrogen-bond acceptors (Lipinski definition) is 2. The third-order valence-corrected chi connectivity index (χ3v) is 5.15. The number of nitrogens with zero attached hydrogens (tertiary/aromatic N) is 1. The third kappa shape index (κ3) is 11.8. The van der Waals surface area contributed by atoms with Crippen LogP contribution in [0.2, 0.25) is 0 Å². The Morgan fingerprint density at radius 2 is 1.54 bits per heavy atom. The minimum absolute atomic E-state index is 0.112. The number of carbonyl (C=O) groups excluding carboxylic acids is 1. The number of aliphatic carboxylic acids is 1. The molecule has 0 saturated carbocycles. The van der Waals surface area contributed by atoms with Crippen molar-refractivity contribution < 1.29 is 14.7 Å². The lowest BCUT2D eigenvalue weighted by Crippen LogP contribution is -2.42. The normalized spacial score (nSPS) is 17.9. The van der Waals surface area contributed by atoms with E-state index in [0.29, 0.717) is 25.9 Å². The van der Waals surface area contributed by atoms with Crippen LogP contribution in [-0.4, -0.2) is 35.0 Å². The molecule has 0 spiro atoms. The number of carboxylic acids is 1. The highest BCUT2D eigenvalue weighted by Gasteiger charge is 2.27. The molecule has 0 aromatic rings. The van der Waals surface area contributed by atoms with Gasteiger partial charge in [0, 0.05) is 19.5 Å². The summed E-state index contributed by atoms with van der Waals surface area (Å²) in [4.78, 5) is 25.0. The predicted octanol–water partition coefficient (Wildman–Crippen LogP) is 5.90. The van der Waals surface area contributed by atoms with Crippen LogP contribution in [0.1, 0.15) is 84.0 Å². The lowest BCUT2D eigenvalue weighted by Gasteiger charge is -2.30. The Morgan fingerprint density at radius 1 is 0.929 bits per heavy atom. The number of allylic oxidation sites excluding steroid dienone is 6. The SMILES string of the molecule is CCCCC/C=C/C/C=C/C/C=C/CCCCC(=O)N1CCCC(C(=O)O)C1. The van der Waals surface area contributed by atoms with Gasteiger partial charge in [0.1, 0.15) is 0 Å². The fraction of sp³-hybridized carbons (Fsp3) is 0.667. The molecule has 28 heavy (non-hydrogen) atoms. The van der Waals surface area contributed by atoms with Crippen LogP contribution in [0.25, 0.3) is 0 Å². The second-order valence-electron chi connectivity index (χ2n) is 7.64. The number of piperidine rings is 1. The van der Waals surface area contributed by atoms with Crippen LogP contribution in [-0.2, 0) is 9.59 Å². The van der Waals surface area contributed by atoms with Crippen molar-refractivity contribution in [2.24, 2.45) is 5.92 Å². The number of hydrogen-bond donors (Lipinski definition) is 1. The predicted molar refractivity (Wildman–Crippen MR) is 116 cm³/mol. The van der Waals surface area contributed by atoms with Crippen LogP contribution >= 0.6 is 0 Å². The van der Waals surface area contributed by atoms with Crippen molar-refractivity contribution in [2.45, 2.75) is 84.0 Å². The van der Waals surface area contributed by atoms with Gasteiger partial charge in [-0.2, -0.15) is 0 Å². The molecule has 1 aliphatic heterocycles. The van der Waals surface area contributed by atoms with E-state index in [1.807, 2.05) is 0 Å². The van der Waals surface area contributed by atoms with Crippen molar-refractivity contribution >= 4 is 11.9 Å². The summed E-state index contributed by atoms with van der Waals surface area (Å²) < 4.78 is 0. The molecule has 0 radical (unpaired) electrons. The van der Waals surface area contributed by atoms with Gasteiger partial charge in [-0.3, -0.25) is 9.59 Å². The Morgan fingerprint density at radius 3 is 2.14 bits per heavy atom. The Kier molecular flexibility index (Phi) is 14.0. The molecule has 1 fully saturated rings. The van der Waals surface area contributed by atoms with Gasteiger partial charge in [0.2, 0.25) is 5.91 Å². The maximum atomic E-state index is 12.2. The Labute approximate surface area is 171 Å². The standard InChI is InChI=1S/C24H39NO3/c1-2-3-4-5-6-7-8-9-10-11-12-13-14-15-16-19-23(26)25-20-17-18-22(21-25)24(27)28/h6-7,9-10,12-13,22H,2-5,8,11,14-21H2,1H3,(H,27,28)/b7-6+,10-9+,13-12+. The van der Waals surface area contributed by atoms with Crippen LogP contribution in [0.3, 0.4) is 0 Å². The monoisotopic (exact) mass is 389 g/mol. The Balaban J connectivity index is 2.01. The van der Waals surface area contributed by atoms with E-state index in [1.165, 1.54) is 25.7 Å². The van der Waals surface area contributed by atoms with E-state index in [2.05, 4.69) is 43.4 Å². The molecule has 0 aromatic heterocycles. The van der Waals surface area contributed by atoms with E-state index in [0.717, 1.165) is 38.5 Å². The first-order chi connectivity index (χ1) is 13.6. The highest BCUT2D eigenvalue weighted by atomic mass is 16.4. The molecule has 1 unspecified atom stereocenters. The number of likely N-dealkylation sites (tertiary alicyclic amines) is 1. The maximum absolute atomic E-state index is 12.2. The quantitative estimate of drug-likeness (QED) is 0.297. The van der Waals surface area contributed by atoms with Crippen LogP contribution in [0.5, 0.6) is 0 Å². The summed E-state index contributed by atoms with van der Waals surface area (Å²) >= 11 is 0. The highest BCUT2D eigenvalue weighted by molar-refractivity contribution is 5.78. The Bertz CT molecular complexity index is 522. The smallest absolute Gasteiger partial charge is 0.308 e.